The van der Waals surface area contributed by atoms with Crippen LogP contribution in [0.1, 0.15) is 30.0 Å². The molecule has 0 aliphatic rings. The summed E-state index contributed by atoms with van der Waals surface area (Å²) in [5, 5.41) is 4.89. The Labute approximate surface area is 286 Å². The number of aryl methyl sites for hydroxylation is 2. The Morgan fingerprint density at radius 1 is 1.00 bits per heavy atom. The highest BCUT2D eigenvalue weighted by atomic mass is 32.2. The van der Waals surface area contributed by atoms with Gasteiger partial charge in [-0.2, -0.15) is 5.10 Å². The number of fused-ring (bicyclic) bond motifs is 1. The Balaban J connectivity index is 1.24. The fourth-order valence-corrected chi connectivity index (χ4v) is 7.68. The van der Waals surface area contributed by atoms with Crippen molar-refractivity contribution < 1.29 is 31.6 Å². The first-order valence-electron chi connectivity index (χ1n) is 15.4. The minimum atomic E-state index is -4.06. The van der Waals surface area contributed by atoms with Crippen molar-refractivity contribution in [2.75, 3.05) is 12.9 Å². The van der Waals surface area contributed by atoms with Crippen LogP contribution in [0.2, 0.25) is 0 Å². The Morgan fingerprint density at radius 3 is 2.51 bits per heavy atom. The zero-order chi connectivity index (χ0) is 34.7. The molecule has 6 aromatic rings. The lowest BCUT2D eigenvalue weighted by Crippen LogP contribution is -2.12. The van der Waals surface area contributed by atoms with Crippen LogP contribution >= 0.6 is 0 Å². The molecule has 49 heavy (non-hydrogen) atoms. The van der Waals surface area contributed by atoms with Crippen molar-refractivity contribution in [3.05, 3.63) is 120 Å². The summed E-state index contributed by atoms with van der Waals surface area (Å²) in [4.78, 5) is 16.3. The van der Waals surface area contributed by atoms with E-state index < -0.39 is 27.0 Å². The molecule has 0 bridgehead atoms. The maximum atomic E-state index is 15.8. The fourth-order valence-electron chi connectivity index (χ4n) is 5.46. The Hall–Kier alpha value is -4.98. The highest BCUT2D eigenvalue weighted by Gasteiger charge is 2.28. The lowest BCUT2D eigenvalue weighted by Gasteiger charge is -2.15. The zero-order valence-electron chi connectivity index (χ0n) is 27.0. The normalized spacial score (nSPS) is 12.3. The Bertz CT molecular complexity index is 2250. The van der Waals surface area contributed by atoms with Crippen molar-refractivity contribution in [1.82, 2.24) is 18.7 Å². The lowest BCUT2D eigenvalue weighted by atomic mass is 10.1. The maximum Gasteiger partial charge on any atom is 0.306 e. The summed E-state index contributed by atoms with van der Waals surface area (Å²) in [7, 11) is -4.06. The van der Waals surface area contributed by atoms with Crippen molar-refractivity contribution in [3.63, 3.8) is 0 Å². The number of rotatable bonds is 12. The summed E-state index contributed by atoms with van der Waals surface area (Å²) >= 11 is -1.75. The number of esters is 1. The number of carbonyl (C=O) groups is 1. The lowest BCUT2D eigenvalue weighted by molar-refractivity contribution is -0.143. The first-order chi connectivity index (χ1) is 23.5. The molecule has 0 amide bonds. The van der Waals surface area contributed by atoms with Gasteiger partial charge in [-0.15, -0.1) is 0 Å². The van der Waals surface area contributed by atoms with Crippen LogP contribution in [-0.4, -0.2) is 50.5 Å². The molecule has 0 aliphatic heterocycles. The number of aromatic nitrogens is 4. The number of hydrogen-bond acceptors (Lipinski definition) is 8. The van der Waals surface area contributed by atoms with E-state index in [1.165, 1.54) is 30.7 Å². The smallest absolute Gasteiger partial charge is 0.306 e. The molecule has 0 spiro atoms. The van der Waals surface area contributed by atoms with E-state index >= 15 is 4.39 Å². The van der Waals surface area contributed by atoms with E-state index in [9.17, 15) is 17.8 Å². The van der Waals surface area contributed by atoms with Gasteiger partial charge in [0.2, 0.25) is 10.6 Å². The van der Waals surface area contributed by atoms with Gasteiger partial charge in [-0.3, -0.25) is 4.79 Å². The monoisotopic (exact) mass is 700 g/mol. The minimum absolute atomic E-state index is 0.0325. The molecule has 1 unspecified atom stereocenters. The minimum Gasteiger partial charge on any atom is -0.612 e. The molecule has 2 aromatic heterocycles. The quantitative estimate of drug-likeness (QED) is 0.102. The van der Waals surface area contributed by atoms with E-state index in [4.69, 9.17) is 9.47 Å². The van der Waals surface area contributed by atoms with Crippen LogP contribution < -0.4 is 4.74 Å². The Kier molecular flexibility index (Phi) is 9.86. The third kappa shape index (κ3) is 7.38. The second kappa shape index (κ2) is 14.2. The number of ether oxygens (including phenoxy) is 2. The van der Waals surface area contributed by atoms with Gasteiger partial charge >= 0.3 is 5.97 Å². The third-order valence-corrected chi connectivity index (χ3v) is 10.5. The van der Waals surface area contributed by atoms with Crippen molar-refractivity contribution in [2.24, 2.45) is 0 Å². The van der Waals surface area contributed by atoms with Crippen LogP contribution in [-0.2, 0) is 43.7 Å². The molecule has 10 nitrogen and oxygen atoms in total. The van der Waals surface area contributed by atoms with Crippen LogP contribution in [0.15, 0.2) is 107 Å². The molecular weight excluding hydrogens is 668 g/mol. The maximum absolute atomic E-state index is 15.8. The first kappa shape index (κ1) is 33.9. The van der Waals surface area contributed by atoms with Gasteiger partial charge in [0, 0.05) is 24.2 Å². The van der Waals surface area contributed by atoms with Crippen molar-refractivity contribution in [1.29, 1.82) is 0 Å². The predicted octanol–water partition coefficient (Wildman–Crippen LogP) is 6.66. The van der Waals surface area contributed by atoms with Gasteiger partial charge in [-0.25, -0.2) is 26.4 Å². The molecule has 6 rings (SSSR count). The van der Waals surface area contributed by atoms with E-state index in [0.29, 0.717) is 37.4 Å². The van der Waals surface area contributed by atoms with E-state index in [1.54, 1.807) is 54.3 Å². The van der Waals surface area contributed by atoms with Crippen LogP contribution in [0.5, 0.6) is 11.5 Å². The number of hydrogen-bond donors (Lipinski definition) is 0. The number of benzene rings is 4. The average molecular weight is 701 g/mol. The number of carbonyl (C=O) groups excluding carboxylic acids is 1. The molecule has 0 fully saturated rings. The molecule has 0 radical (unpaired) electrons. The molecule has 0 aliphatic carbocycles. The fraction of sp³-hybridized carbons (Fsp3) is 0.194. The van der Waals surface area contributed by atoms with Gasteiger partial charge in [0.25, 0.3) is 10.0 Å². The molecule has 4 aromatic carbocycles. The van der Waals surface area contributed by atoms with E-state index in [0.717, 1.165) is 26.7 Å². The molecular formula is C36H33FN4O6S2. The van der Waals surface area contributed by atoms with E-state index in [1.807, 2.05) is 31.2 Å². The average Bonchev–Trinajstić information content (AvgIpc) is 3.72. The van der Waals surface area contributed by atoms with E-state index in [2.05, 4.69) is 10.1 Å². The summed E-state index contributed by atoms with van der Waals surface area (Å²) in [6, 6.07) is 23.6. The summed E-state index contributed by atoms with van der Waals surface area (Å²) < 4.78 is 69.4. The topological polar surface area (TPSA) is 128 Å². The van der Waals surface area contributed by atoms with Crippen molar-refractivity contribution in [2.45, 2.75) is 43.0 Å². The SMILES string of the molecule is CCOC(=O)CCc1cccc(Cn2cnc(-c3cccc(Oc4c(F)cc5c(ccn5S(=O)(=O)c5ccc(C)cc5)c4[S+](C)[O-])c3)n2)c1. The molecule has 0 saturated carbocycles. The highest BCUT2D eigenvalue weighted by Crippen LogP contribution is 2.39. The van der Waals surface area contributed by atoms with Gasteiger partial charge in [0.05, 0.1) is 29.0 Å². The zero-order valence-corrected chi connectivity index (χ0v) is 28.6. The molecule has 0 N–H and O–H groups in total. The molecule has 13 heteroatoms. The van der Waals surface area contributed by atoms with Gasteiger partial charge in [0.1, 0.15) is 18.3 Å². The predicted molar refractivity (Wildman–Crippen MR) is 184 cm³/mol. The van der Waals surface area contributed by atoms with Crippen molar-refractivity contribution in [3.8, 4) is 22.9 Å². The molecule has 2 heterocycles. The van der Waals surface area contributed by atoms with Gasteiger partial charge < -0.3 is 14.0 Å². The van der Waals surface area contributed by atoms with Gasteiger partial charge in [-0.05, 0) is 72.9 Å². The Morgan fingerprint density at radius 2 is 1.76 bits per heavy atom. The van der Waals surface area contributed by atoms with Crippen LogP contribution in [0, 0.1) is 12.7 Å². The highest BCUT2D eigenvalue weighted by molar-refractivity contribution is 7.91. The summed E-state index contributed by atoms with van der Waals surface area (Å²) in [5.41, 5.74) is 3.55. The van der Waals surface area contributed by atoms with Gasteiger partial charge in [0.15, 0.2) is 11.6 Å². The second-order valence-corrected chi connectivity index (χ2v) is 14.5. The standard InChI is InChI=1S/C36H33FN4O6S2/c1-4-46-33(42)16-13-25-7-5-8-26(19-25)22-40-23-38-36(39-40)27-9-6-10-28(20-27)47-34-31(37)21-32-30(35(34)48(3)43)17-18-41(32)49(44,45)29-14-11-24(2)12-15-29/h5-12,14-15,17-21,23H,4,13,16,22H2,1-3H3. The largest absolute Gasteiger partial charge is 0.612 e. The number of halogens is 1. The first-order valence-corrected chi connectivity index (χ1v) is 18.4. The third-order valence-electron chi connectivity index (χ3n) is 7.79. The summed E-state index contributed by atoms with van der Waals surface area (Å²) in [6.07, 6.45) is 5.19. The van der Waals surface area contributed by atoms with Crippen LogP contribution in [0.3, 0.4) is 0 Å². The number of nitrogens with zero attached hydrogens (tertiary/aromatic N) is 4. The van der Waals surface area contributed by atoms with E-state index in [-0.39, 0.29) is 38.2 Å². The van der Waals surface area contributed by atoms with Crippen molar-refractivity contribution >= 4 is 38.1 Å². The van der Waals surface area contributed by atoms with Crippen LogP contribution in [0.25, 0.3) is 22.3 Å². The summed E-state index contributed by atoms with van der Waals surface area (Å²) in [6.45, 7) is 4.44. The second-order valence-electron chi connectivity index (χ2n) is 11.4. The molecule has 252 valence electrons. The molecule has 1 atom stereocenters. The summed E-state index contributed by atoms with van der Waals surface area (Å²) in [5.74, 6) is -0.699. The van der Waals surface area contributed by atoms with Crippen LogP contribution in [0.4, 0.5) is 4.39 Å². The van der Waals surface area contributed by atoms with Gasteiger partial charge in [-0.1, -0.05) is 54.1 Å². The molecule has 0 saturated heterocycles.